The average Bonchev–Trinajstić information content (AvgIpc) is 3.30. The molecule has 0 aromatic carbocycles. The first-order valence-electron chi connectivity index (χ1n) is 24.8. The lowest BCUT2D eigenvalue weighted by atomic mass is 9.92. The Morgan fingerprint density at radius 1 is 0.386 bits per heavy atom. The zero-order valence-electron chi connectivity index (χ0n) is 43.6. The second-order valence-corrected chi connectivity index (χ2v) is 18.4. The first kappa shape index (κ1) is 64.6. The third-order valence-corrected chi connectivity index (χ3v) is 11.8. The van der Waals surface area contributed by atoms with Crippen molar-refractivity contribution in [1.29, 1.82) is 0 Å². The van der Waals surface area contributed by atoms with Crippen LogP contribution in [0.5, 0.6) is 0 Å². The SMILES string of the molecule is COC(=O)CCCC(=O)N(CCCC(=O)OC)C(C(=O)CCCCC(=O)N(CCCC(=O)OC)C(C(=O)CCCCC(=O)N(CCCC(=O)OC)C(C(=O)NCCCC(=O)O)C(C)C)C(C)C)C(C)C. The van der Waals surface area contributed by atoms with Crippen LogP contribution in [-0.4, -0.2) is 158 Å². The van der Waals surface area contributed by atoms with E-state index in [1.165, 1.54) is 43.1 Å². The molecule has 70 heavy (non-hydrogen) atoms. The number of methoxy groups -OCH3 is 4. The van der Waals surface area contributed by atoms with Crippen LogP contribution in [0.1, 0.15) is 164 Å². The number of Topliss-reactive ketones (excluding diaryl/α,β-unsaturated/α-hetero) is 2. The van der Waals surface area contributed by atoms with Gasteiger partial charge in [0.25, 0.3) is 0 Å². The zero-order valence-corrected chi connectivity index (χ0v) is 43.6. The standard InChI is InChI=1S/C50H84N4O16/c1-34(2)47(37(55)21-12-14-23-40(58)54(33-19-29-46(65)70-10)49(36(5)6)50(66)51-30-16-25-42(60)61)52(31-17-27-44(63)68-8)39(57)22-13-11-20-38(56)48(35(3)4)53(32-18-28-45(64)69-9)41(59)24-15-26-43(62)67-7/h34-36,47-49H,11-33H2,1-10H3,(H,51,66)(H,60,61). The van der Waals surface area contributed by atoms with E-state index in [4.69, 9.17) is 19.3 Å². The van der Waals surface area contributed by atoms with Crippen molar-refractivity contribution in [2.75, 3.05) is 54.6 Å². The molecule has 20 heteroatoms. The van der Waals surface area contributed by atoms with Gasteiger partial charge in [-0.25, -0.2) is 0 Å². The molecule has 0 bridgehead atoms. The van der Waals surface area contributed by atoms with Gasteiger partial charge < -0.3 is 44.1 Å². The van der Waals surface area contributed by atoms with Crippen LogP contribution in [0.2, 0.25) is 0 Å². The van der Waals surface area contributed by atoms with Gasteiger partial charge in [0, 0.05) is 90.4 Å². The minimum Gasteiger partial charge on any atom is -0.481 e. The molecule has 0 aliphatic heterocycles. The highest BCUT2D eigenvalue weighted by Gasteiger charge is 2.35. The van der Waals surface area contributed by atoms with Crippen LogP contribution in [0.3, 0.4) is 0 Å². The molecule has 0 aliphatic rings. The summed E-state index contributed by atoms with van der Waals surface area (Å²) >= 11 is 0. The summed E-state index contributed by atoms with van der Waals surface area (Å²) in [4.78, 5) is 145. The highest BCUT2D eigenvalue weighted by molar-refractivity contribution is 5.91. The number of carboxylic acids is 1. The zero-order chi connectivity index (χ0) is 53.3. The molecule has 0 radical (unpaired) electrons. The summed E-state index contributed by atoms with van der Waals surface area (Å²) < 4.78 is 19.0. The molecule has 0 spiro atoms. The fourth-order valence-electron chi connectivity index (χ4n) is 8.28. The molecule has 0 saturated heterocycles. The maximum absolute atomic E-state index is 14.0. The van der Waals surface area contributed by atoms with Crippen LogP contribution in [-0.2, 0) is 71.7 Å². The molecule has 0 aromatic heterocycles. The van der Waals surface area contributed by atoms with Crippen molar-refractivity contribution in [2.24, 2.45) is 17.8 Å². The maximum Gasteiger partial charge on any atom is 0.305 e. The van der Waals surface area contributed by atoms with Crippen molar-refractivity contribution in [2.45, 2.75) is 182 Å². The summed E-state index contributed by atoms with van der Waals surface area (Å²) in [5.74, 6) is -5.74. The van der Waals surface area contributed by atoms with E-state index in [0.29, 0.717) is 6.42 Å². The second kappa shape index (κ2) is 36.5. The number of rotatable bonds is 39. The predicted octanol–water partition coefficient (Wildman–Crippen LogP) is 4.99. The molecule has 400 valence electrons. The topological polar surface area (TPSA) is 267 Å². The van der Waals surface area contributed by atoms with Crippen LogP contribution in [0.25, 0.3) is 0 Å². The lowest BCUT2D eigenvalue weighted by Crippen LogP contribution is -2.52. The Labute approximate surface area is 414 Å². The van der Waals surface area contributed by atoms with Crippen molar-refractivity contribution in [1.82, 2.24) is 20.0 Å². The molecule has 3 atom stereocenters. The largest absolute Gasteiger partial charge is 0.481 e. The Kier molecular flexibility index (Phi) is 33.7. The second-order valence-electron chi connectivity index (χ2n) is 18.4. The molecule has 2 N–H and O–H groups in total. The number of ether oxygens (including phenoxy) is 4. The predicted molar refractivity (Wildman–Crippen MR) is 257 cm³/mol. The molecule has 0 fully saturated rings. The Morgan fingerprint density at radius 2 is 0.686 bits per heavy atom. The van der Waals surface area contributed by atoms with Crippen LogP contribution in [0.15, 0.2) is 0 Å². The molecule has 3 unspecified atom stereocenters. The molecule has 0 heterocycles. The van der Waals surface area contributed by atoms with E-state index in [1.807, 2.05) is 27.7 Å². The monoisotopic (exact) mass is 997 g/mol. The molecule has 4 amide bonds. The normalized spacial score (nSPS) is 12.4. The molecule has 0 rings (SSSR count). The smallest absolute Gasteiger partial charge is 0.305 e. The van der Waals surface area contributed by atoms with E-state index >= 15 is 0 Å². The number of hydrogen-bond donors (Lipinski definition) is 2. The summed E-state index contributed by atoms with van der Waals surface area (Å²) in [6.07, 6.45) is 2.31. The van der Waals surface area contributed by atoms with Crippen LogP contribution in [0, 0.1) is 17.8 Å². The van der Waals surface area contributed by atoms with Gasteiger partial charge in [-0.3, -0.25) is 52.7 Å². The molecular weight excluding hydrogens is 913 g/mol. The van der Waals surface area contributed by atoms with Gasteiger partial charge in [0.1, 0.15) is 6.04 Å². The van der Waals surface area contributed by atoms with Gasteiger partial charge in [0.05, 0.1) is 40.5 Å². The number of esters is 4. The number of carbonyl (C=O) groups is 11. The van der Waals surface area contributed by atoms with Crippen molar-refractivity contribution in [3.63, 3.8) is 0 Å². The Hall–Kier alpha value is -5.43. The van der Waals surface area contributed by atoms with E-state index in [0.717, 1.165) is 0 Å². The van der Waals surface area contributed by atoms with Crippen molar-refractivity contribution < 1.29 is 76.8 Å². The molecular formula is C50H84N4O16. The quantitative estimate of drug-likeness (QED) is 0.0467. The first-order chi connectivity index (χ1) is 33.1. The number of nitrogens with zero attached hydrogens (tertiary/aromatic N) is 3. The highest BCUT2D eigenvalue weighted by Crippen LogP contribution is 2.23. The third kappa shape index (κ3) is 26.0. The summed E-state index contributed by atoms with van der Waals surface area (Å²) in [6, 6.07) is -2.58. The number of carboxylic acid groups (broad SMARTS) is 1. The lowest BCUT2D eigenvalue weighted by molar-refractivity contribution is -0.144. The fraction of sp³-hybridized carbons (Fsp3) is 0.780. The molecule has 0 saturated carbocycles. The van der Waals surface area contributed by atoms with Crippen LogP contribution in [0.4, 0.5) is 0 Å². The number of nitrogens with one attached hydrogen (secondary N) is 1. The van der Waals surface area contributed by atoms with Crippen LogP contribution < -0.4 is 5.32 Å². The Bertz CT molecular complexity index is 1700. The van der Waals surface area contributed by atoms with E-state index < -0.39 is 53.9 Å². The summed E-state index contributed by atoms with van der Waals surface area (Å²) in [5, 5.41) is 11.7. The highest BCUT2D eigenvalue weighted by atomic mass is 16.5. The van der Waals surface area contributed by atoms with Crippen LogP contribution >= 0.6 is 0 Å². The Balaban J connectivity index is 6.08. The maximum atomic E-state index is 14.0. The average molecular weight is 997 g/mol. The molecule has 0 aromatic rings. The number of hydrogen-bond acceptors (Lipinski definition) is 15. The molecule has 0 aliphatic carbocycles. The van der Waals surface area contributed by atoms with Gasteiger partial charge in [-0.2, -0.15) is 0 Å². The van der Waals surface area contributed by atoms with Gasteiger partial charge in [0.15, 0.2) is 11.6 Å². The summed E-state index contributed by atoms with van der Waals surface area (Å²) in [5.41, 5.74) is 0. The van der Waals surface area contributed by atoms with E-state index in [2.05, 4.69) is 10.1 Å². The fourth-order valence-corrected chi connectivity index (χ4v) is 8.28. The van der Waals surface area contributed by atoms with E-state index in [1.54, 1.807) is 13.8 Å². The van der Waals surface area contributed by atoms with Gasteiger partial charge >= 0.3 is 29.8 Å². The number of ketones is 2. The number of unbranched alkanes of at least 4 members (excludes halogenated alkanes) is 2. The summed E-state index contributed by atoms with van der Waals surface area (Å²) in [7, 11) is 5.03. The van der Waals surface area contributed by atoms with E-state index in [9.17, 15) is 52.7 Å². The lowest BCUT2D eigenvalue weighted by Gasteiger charge is -2.34. The minimum absolute atomic E-state index is 0.00488. The van der Waals surface area contributed by atoms with Crippen molar-refractivity contribution >= 4 is 65.0 Å². The van der Waals surface area contributed by atoms with Gasteiger partial charge in [0.2, 0.25) is 23.6 Å². The van der Waals surface area contributed by atoms with Gasteiger partial charge in [-0.15, -0.1) is 0 Å². The number of carbonyl (C=O) groups excluding carboxylic acids is 10. The third-order valence-electron chi connectivity index (χ3n) is 11.8. The Morgan fingerprint density at radius 3 is 1.00 bits per heavy atom. The van der Waals surface area contributed by atoms with Crippen molar-refractivity contribution in [3.8, 4) is 0 Å². The summed E-state index contributed by atoms with van der Waals surface area (Å²) in [6.45, 7) is 11.2. The first-order valence-corrected chi connectivity index (χ1v) is 24.8. The number of aliphatic carboxylic acids is 1. The number of amides is 4. The molecule has 20 nitrogen and oxygen atoms in total. The van der Waals surface area contributed by atoms with Crippen molar-refractivity contribution in [3.05, 3.63) is 0 Å². The minimum atomic E-state index is -0.999. The van der Waals surface area contributed by atoms with Gasteiger partial charge in [-0.05, 0) is 75.5 Å². The van der Waals surface area contributed by atoms with E-state index in [-0.39, 0.29) is 189 Å². The van der Waals surface area contributed by atoms with Gasteiger partial charge in [-0.1, -0.05) is 41.5 Å².